The Bertz CT molecular complexity index is 751. The summed E-state index contributed by atoms with van der Waals surface area (Å²) < 4.78 is 1.46. The Hall–Kier alpha value is -2.21. The molecule has 0 atom stereocenters. The maximum atomic E-state index is 12.7. The van der Waals surface area contributed by atoms with Gasteiger partial charge in [0, 0.05) is 19.4 Å². The Morgan fingerprint density at radius 1 is 1.19 bits per heavy atom. The van der Waals surface area contributed by atoms with Crippen LogP contribution in [0.25, 0.3) is 10.9 Å². The highest BCUT2D eigenvalue weighted by molar-refractivity contribution is 5.88. The molecule has 0 aliphatic carbocycles. The van der Waals surface area contributed by atoms with Crippen molar-refractivity contribution in [2.75, 3.05) is 32.2 Å². The lowest BCUT2D eigenvalue weighted by atomic mass is 10.2. The number of fused-ring (bicyclic) bond motifs is 2. The van der Waals surface area contributed by atoms with Gasteiger partial charge in [-0.05, 0) is 26.2 Å². The monoisotopic (exact) mass is 286 g/mol. The summed E-state index contributed by atoms with van der Waals surface area (Å²) in [6.45, 7) is 1.18. The highest BCUT2D eigenvalue weighted by Gasteiger charge is 2.26. The van der Waals surface area contributed by atoms with Crippen molar-refractivity contribution in [2.45, 2.75) is 12.8 Å². The van der Waals surface area contributed by atoms with Gasteiger partial charge in [0.25, 0.3) is 5.56 Å². The predicted molar refractivity (Wildman–Crippen MR) is 81.0 cm³/mol. The summed E-state index contributed by atoms with van der Waals surface area (Å²) >= 11 is 0. The Morgan fingerprint density at radius 2 is 1.95 bits per heavy atom. The average molecular weight is 286 g/mol. The molecule has 0 radical (unpaired) electrons. The third-order valence-electron chi connectivity index (χ3n) is 3.67. The van der Waals surface area contributed by atoms with E-state index in [4.69, 9.17) is 0 Å². The number of benzene rings is 1. The molecule has 1 aromatic carbocycles. The average Bonchev–Trinajstić information content (AvgIpc) is 2.47. The summed E-state index contributed by atoms with van der Waals surface area (Å²) in [5.41, 5.74) is 0.526. The molecule has 0 bridgehead atoms. The second-order valence-corrected chi connectivity index (χ2v) is 5.48. The van der Waals surface area contributed by atoms with Crippen LogP contribution in [0.4, 0.5) is 0 Å². The number of carbonyl (C=O) groups is 1. The van der Waals surface area contributed by atoms with Crippen molar-refractivity contribution in [3.8, 4) is 0 Å². The van der Waals surface area contributed by atoms with Crippen molar-refractivity contribution < 1.29 is 4.79 Å². The van der Waals surface area contributed by atoms with E-state index < -0.39 is 0 Å². The zero-order chi connectivity index (χ0) is 15.0. The van der Waals surface area contributed by atoms with Gasteiger partial charge in [0.05, 0.1) is 17.4 Å². The minimum atomic E-state index is -0.164. The molecule has 0 unspecified atom stereocenters. The maximum absolute atomic E-state index is 12.7. The molecule has 0 saturated heterocycles. The number of aromatic nitrogens is 2. The summed E-state index contributed by atoms with van der Waals surface area (Å²) in [7, 11) is 3.88. The minimum absolute atomic E-state index is 0.0245. The van der Waals surface area contributed by atoms with Gasteiger partial charge in [-0.25, -0.2) is 9.99 Å². The van der Waals surface area contributed by atoms with Crippen LogP contribution in [0, 0.1) is 0 Å². The Balaban J connectivity index is 2.14. The van der Waals surface area contributed by atoms with E-state index in [2.05, 4.69) is 4.98 Å². The summed E-state index contributed by atoms with van der Waals surface area (Å²) in [6.07, 6.45) is 0.912. The van der Waals surface area contributed by atoms with Gasteiger partial charge in [-0.3, -0.25) is 9.59 Å². The zero-order valence-corrected chi connectivity index (χ0v) is 12.2. The topological polar surface area (TPSA) is 58.4 Å². The van der Waals surface area contributed by atoms with E-state index in [1.54, 1.807) is 6.07 Å². The first-order valence-electron chi connectivity index (χ1n) is 7.04. The van der Waals surface area contributed by atoms with Crippen molar-refractivity contribution in [1.82, 2.24) is 14.6 Å². The van der Waals surface area contributed by atoms with Crippen molar-refractivity contribution >= 4 is 16.8 Å². The second-order valence-electron chi connectivity index (χ2n) is 5.48. The molecule has 0 saturated carbocycles. The van der Waals surface area contributed by atoms with Crippen LogP contribution in [-0.2, 0) is 11.2 Å². The molecule has 3 rings (SSSR count). The van der Waals surface area contributed by atoms with Crippen LogP contribution in [0.3, 0.4) is 0 Å². The Labute approximate surface area is 122 Å². The van der Waals surface area contributed by atoms with Crippen molar-refractivity contribution in [1.29, 1.82) is 0 Å². The van der Waals surface area contributed by atoms with E-state index in [-0.39, 0.29) is 11.5 Å². The lowest BCUT2D eigenvalue weighted by molar-refractivity contribution is -0.121. The van der Waals surface area contributed by atoms with Crippen molar-refractivity contribution in [3.63, 3.8) is 0 Å². The third-order valence-corrected chi connectivity index (χ3v) is 3.67. The molecule has 2 heterocycles. The van der Waals surface area contributed by atoms with E-state index in [0.717, 1.165) is 0 Å². The van der Waals surface area contributed by atoms with Crippen LogP contribution < -0.4 is 10.6 Å². The number of amides is 1. The quantitative estimate of drug-likeness (QED) is 0.818. The fourth-order valence-corrected chi connectivity index (χ4v) is 2.56. The van der Waals surface area contributed by atoms with E-state index in [0.29, 0.717) is 42.7 Å². The van der Waals surface area contributed by atoms with Crippen LogP contribution in [0.5, 0.6) is 0 Å². The third kappa shape index (κ3) is 2.42. The normalized spacial score (nSPS) is 14.8. The molecule has 1 amide bonds. The number of hydrogen-bond acceptors (Lipinski definition) is 4. The molecule has 21 heavy (non-hydrogen) atoms. The van der Waals surface area contributed by atoms with Crippen LogP contribution in [0.1, 0.15) is 12.2 Å². The van der Waals surface area contributed by atoms with Gasteiger partial charge in [0.1, 0.15) is 5.82 Å². The van der Waals surface area contributed by atoms with Gasteiger partial charge in [-0.2, -0.15) is 4.68 Å². The minimum Gasteiger partial charge on any atom is -0.308 e. The highest BCUT2D eigenvalue weighted by atomic mass is 16.2. The van der Waals surface area contributed by atoms with Gasteiger partial charge in [0.15, 0.2) is 0 Å². The Morgan fingerprint density at radius 3 is 2.71 bits per heavy atom. The first-order valence-corrected chi connectivity index (χ1v) is 7.04. The lowest BCUT2D eigenvalue weighted by Gasteiger charge is -2.31. The summed E-state index contributed by atoms with van der Waals surface area (Å²) in [6, 6.07) is 7.26. The fourth-order valence-electron chi connectivity index (χ4n) is 2.56. The molecule has 1 aliphatic heterocycles. The smallest absolute Gasteiger partial charge is 0.280 e. The molecule has 6 nitrogen and oxygen atoms in total. The van der Waals surface area contributed by atoms with E-state index in [1.165, 1.54) is 9.69 Å². The summed E-state index contributed by atoms with van der Waals surface area (Å²) in [5, 5.41) is 2.08. The van der Waals surface area contributed by atoms with Crippen molar-refractivity contribution in [3.05, 3.63) is 40.4 Å². The summed E-state index contributed by atoms with van der Waals surface area (Å²) in [4.78, 5) is 31.4. The van der Waals surface area contributed by atoms with Gasteiger partial charge in [-0.15, -0.1) is 0 Å². The van der Waals surface area contributed by atoms with Crippen LogP contribution in [0.15, 0.2) is 29.1 Å². The fraction of sp³-hybridized carbons (Fsp3) is 0.400. The molecule has 1 aliphatic rings. The molecular weight excluding hydrogens is 268 g/mol. The number of hydrogen-bond donors (Lipinski definition) is 0. The van der Waals surface area contributed by atoms with Gasteiger partial charge >= 0.3 is 0 Å². The van der Waals surface area contributed by atoms with Gasteiger partial charge < -0.3 is 4.90 Å². The van der Waals surface area contributed by atoms with Gasteiger partial charge in [-0.1, -0.05) is 12.1 Å². The number of para-hydroxylation sites is 1. The molecule has 110 valence electrons. The van der Waals surface area contributed by atoms with Crippen molar-refractivity contribution in [2.24, 2.45) is 0 Å². The SMILES string of the molecule is CN(C)CCN1C(=O)CCc2nc3ccccc3c(=O)n21. The predicted octanol–water partition coefficient (Wildman–Crippen LogP) is 0.369. The first kappa shape index (κ1) is 13.8. The lowest BCUT2D eigenvalue weighted by Crippen LogP contribution is -2.53. The molecule has 0 N–H and O–H groups in total. The van der Waals surface area contributed by atoms with Gasteiger partial charge in [0.2, 0.25) is 5.91 Å². The zero-order valence-electron chi connectivity index (χ0n) is 12.2. The largest absolute Gasteiger partial charge is 0.308 e. The van der Waals surface area contributed by atoms with Crippen LogP contribution in [0.2, 0.25) is 0 Å². The standard InChI is InChI=1S/C15H18N4O2/c1-17(2)9-10-18-14(20)8-7-13-16-12-6-4-3-5-11(12)15(21)19(13)18/h3-6H,7-10H2,1-2H3. The van der Waals surface area contributed by atoms with E-state index in [9.17, 15) is 9.59 Å². The second kappa shape index (κ2) is 5.29. The molecule has 0 fully saturated rings. The number of likely N-dealkylation sites (N-methyl/N-ethyl adjacent to an activating group) is 1. The van der Waals surface area contributed by atoms with E-state index >= 15 is 0 Å². The number of aryl methyl sites for hydroxylation is 1. The highest BCUT2D eigenvalue weighted by Crippen LogP contribution is 2.14. The molecule has 6 heteroatoms. The van der Waals surface area contributed by atoms with Crippen LogP contribution in [-0.4, -0.2) is 47.7 Å². The number of rotatable bonds is 3. The van der Waals surface area contributed by atoms with E-state index in [1.807, 2.05) is 37.2 Å². The molecular formula is C15H18N4O2. The molecule has 1 aromatic heterocycles. The Kier molecular flexibility index (Phi) is 3.47. The molecule has 2 aromatic rings. The summed E-state index contributed by atoms with van der Waals surface area (Å²) in [5.74, 6) is 0.639. The maximum Gasteiger partial charge on any atom is 0.280 e. The first-order chi connectivity index (χ1) is 10.1. The molecule has 0 spiro atoms. The number of nitrogens with zero attached hydrogens (tertiary/aromatic N) is 4. The number of carbonyl (C=O) groups excluding carboxylic acids is 1. The van der Waals surface area contributed by atoms with Crippen LogP contribution >= 0.6 is 0 Å².